The molecule has 4 rings (SSSR count). The van der Waals surface area contributed by atoms with Crippen LogP contribution in [-0.4, -0.2) is 20.1 Å². The van der Waals surface area contributed by atoms with Gasteiger partial charge in [-0.2, -0.15) is 8.78 Å². The van der Waals surface area contributed by atoms with E-state index in [1.165, 1.54) is 55.2 Å². The quantitative estimate of drug-likeness (QED) is 0.683. The summed E-state index contributed by atoms with van der Waals surface area (Å²) in [7, 11) is 0. The lowest BCUT2D eigenvalue weighted by atomic mass is 9.82. The summed E-state index contributed by atoms with van der Waals surface area (Å²) >= 11 is 0. The van der Waals surface area contributed by atoms with Gasteiger partial charge in [-0.05, 0) is 55.2 Å². The highest BCUT2D eigenvalue weighted by Crippen LogP contribution is 2.56. The van der Waals surface area contributed by atoms with Crippen molar-refractivity contribution < 1.29 is 18.3 Å². The molecule has 1 fully saturated rings. The van der Waals surface area contributed by atoms with Gasteiger partial charge in [0.15, 0.2) is 5.60 Å². The number of rotatable bonds is 4. The molecule has 1 saturated carbocycles. The minimum Gasteiger partial charge on any atom is -0.378 e. The van der Waals surface area contributed by atoms with Gasteiger partial charge in [-0.25, -0.2) is 14.4 Å². The first-order valence-corrected chi connectivity index (χ1v) is 9.01. The Kier molecular flexibility index (Phi) is 4.81. The van der Waals surface area contributed by atoms with Gasteiger partial charge in [-0.1, -0.05) is 11.8 Å². The number of hydrogen-bond donors (Lipinski definition) is 1. The van der Waals surface area contributed by atoms with Gasteiger partial charge < -0.3 is 5.11 Å². The SMILES string of the molecule is OC(c1cncnc1)(C1CC1)C(F)(F)c1ccc(C#Cc2ccc(F)cc2)cn1. The predicted octanol–water partition coefficient (Wildman–Crippen LogP) is 3.80. The first-order chi connectivity index (χ1) is 13.9. The molecule has 7 heteroatoms. The van der Waals surface area contributed by atoms with E-state index in [2.05, 4.69) is 26.8 Å². The monoisotopic (exact) mass is 395 g/mol. The molecule has 0 amide bonds. The molecule has 1 aliphatic carbocycles. The van der Waals surface area contributed by atoms with Crippen LogP contribution in [0.25, 0.3) is 0 Å². The van der Waals surface area contributed by atoms with E-state index in [1.54, 1.807) is 0 Å². The van der Waals surface area contributed by atoms with Gasteiger partial charge in [0.25, 0.3) is 0 Å². The molecule has 1 aliphatic rings. The zero-order valence-corrected chi connectivity index (χ0v) is 15.2. The molecule has 146 valence electrons. The molecule has 0 spiro atoms. The molecule has 0 saturated heterocycles. The standard InChI is InChI=1S/C22H16F3N3O/c23-19-8-3-15(4-9-19)1-2-16-5-10-20(28-11-16)22(24,25)21(29,17-6-7-17)18-12-26-14-27-13-18/h3-5,8-14,17,29H,6-7H2. The summed E-state index contributed by atoms with van der Waals surface area (Å²) in [6.07, 6.45) is 5.85. The Morgan fingerprint density at radius 2 is 1.52 bits per heavy atom. The summed E-state index contributed by atoms with van der Waals surface area (Å²) in [6.45, 7) is 0. The first kappa shape index (κ1) is 19.1. The van der Waals surface area contributed by atoms with Crippen LogP contribution in [0.2, 0.25) is 0 Å². The smallest absolute Gasteiger partial charge is 0.322 e. The maximum Gasteiger partial charge on any atom is 0.322 e. The van der Waals surface area contributed by atoms with Gasteiger partial charge in [0.05, 0.1) is 0 Å². The Morgan fingerprint density at radius 3 is 2.10 bits per heavy atom. The lowest BCUT2D eigenvalue weighted by Gasteiger charge is -2.35. The maximum atomic E-state index is 15.4. The summed E-state index contributed by atoms with van der Waals surface area (Å²) in [5.74, 6) is 1.03. The molecule has 2 aromatic heterocycles. The van der Waals surface area contributed by atoms with E-state index >= 15 is 8.78 Å². The van der Waals surface area contributed by atoms with Crippen molar-refractivity contribution in [3.63, 3.8) is 0 Å². The van der Waals surface area contributed by atoms with Crippen LogP contribution in [0.4, 0.5) is 13.2 Å². The van der Waals surface area contributed by atoms with Gasteiger partial charge in [0.2, 0.25) is 0 Å². The van der Waals surface area contributed by atoms with Gasteiger partial charge in [0.1, 0.15) is 17.8 Å². The number of hydrogen-bond acceptors (Lipinski definition) is 4. The fourth-order valence-electron chi connectivity index (χ4n) is 3.20. The minimum atomic E-state index is -3.64. The van der Waals surface area contributed by atoms with E-state index in [0.717, 1.165) is 6.07 Å². The van der Waals surface area contributed by atoms with E-state index in [0.29, 0.717) is 24.0 Å². The van der Waals surface area contributed by atoms with Crippen molar-refractivity contribution in [3.8, 4) is 11.8 Å². The number of aliphatic hydroxyl groups is 1. The second-order valence-corrected chi connectivity index (χ2v) is 6.93. The minimum absolute atomic E-state index is 0.0329. The van der Waals surface area contributed by atoms with Crippen LogP contribution in [0.15, 0.2) is 61.3 Å². The predicted molar refractivity (Wildman–Crippen MR) is 99.2 cm³/mol. The number of pyridine rings is 1. The number of halogens is 3. The second-order valence-electron chi connectivity index (χ2n) is 6.93. The largest absolute Gasteiger partial charge is 0.378 e. The summed E-state index contributed by atoms with van der Waals surface area (Å²) < 4.78 is 43.7. The van der Waals surface area contributed by atoms with Gasteiger partial charge in [-0.3, -0.25) is 4.98 Å². The fourth-order valence-corrected chi connectivity index (χ4v) is 3.20. The van der Waals surface area contributed by atoms with Crippen molar-refractivity contribution in [2.75, 3.05) is 0 Å². The van der Waals surface area contributed by atoms with Crippen LogP contribution in [0.3, 0.4) is 0 Å². The normalized spacial score (nSPS) is 15.9. The molecule has 1 atom stereocenters. The van der Waals surface area contributed by atoms with E-state index in [1.807, 2.05) is 0 Å². The molecule has 4 nitrogen and oxygen atoms in total. The number of aromatic nitrogens is 3. The summed E-state index contributed by atoms with van der Waals surface area (Å²) in [5, 5.41) is 11.0. The lowest BCUT2D eigenvalue weighted by Crippen LogP contribution is -2.46. The van der Waals surface area contributed by atoms with Crippen molar-refractivity contribution >= 4 is 0 Å². The summed E-state index contributed by atoms with van der Waals surface area (Å²) in [5.41, 5.74) is -2.00. The highest BCUT2D eigenvalue weighted by molar-refractivity contribution is 5.42. The zero-order chi connectivity index (χ0) is 20.5. The average molecular weight is 395 g/mol. The molecule has 1 N–H and O–H groups in total. The fraction of sp³-hybridized carbons (Fsp3) is 0.227. The van der Waals surface area contributed by atoms with Crippen molar-refractivity contribution in [1.29, 1.82) is 0 Å². The number of nitrogens with zero attached hydrogens (tertiary/aromatic N) is 3. The summed E-state index contributed by atoms with van der Waals surface area (Å²) in [4.78, 5) is 11.4. The van der Waals surface area contributed by atoms with Crippen LogP contribution >= 0.6 is 0 Å². The first-order valence-electron chi connectivity index (χ1n) is 9.01. The zero-order valence-electron chi connectivity index (χ0n) is 15.2. The third-order valence-corrected chi connectivity index (χ3v) is 4.93. The molecule has 2 heterocycles. The third kappa shape index (κ3) is 3.59. The van der Waals surface area contributed by atoms with Crippen LogP contribution < -0.4 is 0 Å². The van der Waals surface area contributed by atoms with E-state index in [4.69, 9.17) is 0 Å². The van der Waals surface area contributed by atoms with Crippen LogP contribution in [0.5, 0.6) is 0 Å². The average Bonchev–Trinajstić information content (AvgIpc) is 3.59. The van der Waals surface area contributed by atoms with Crippen LogP contribution in [0, 0.1) is 23.6 Å². The Hall–Kier alpha value is -3.24. The molecular formula is C22H16F3N3O. The van der Waals surface area contributed by atoms with Crippen molar-refractivity contribution in [3.05, 3.63) is 89.5 Å². The second kappa shape index (κ2) is 7.30. The Balaban J connectivity index is 1.63. The molecular weight excluding hydrogens is 379 g/mol. The molecule has 0 bridgehead atoms. The number of benzene rings is 1. The van der Waals surface area contributed by atoms with Crippen molar-refractivity contribution in [2.24, 2.45) is 5.92 Å². The van der Waals surface area contributed by atoms with E-state index < -0.39 is 23.1 Å². The molecule has 1 aromatic carbocycles. The Labute approximate surface area is 165 Å². The van der Waals surface area contributed by atoms with Crippen LogP contribution in [-0.2, 0) is 11.5 Å². The highest BCUT2D eigenvalue weighted by atomic mass is 19.3. The molecule has 3 aromatic rings. The molecule has 29 heavy (non-hydrogen) atoms. The molecule has 0 aliphatic heterocycles. The Bertz CT molecular complexity index is 1060. The van der Waals surface area contributed by atoms with Gasteiger partial charge >= 0.3 is 5.92 Å². The molecule has 1 unspecified atom stereocenters. The topological polar surface area (TPSA) is 58.9 Å². The molecule has 0 radical (unpaired) electrons. The Morgan fingerprint density at radius 1 is 0.897 bits per heavy atom. The van der Waals surface area contributed by atoms with E-state index in [9.17, 15) is 9.50 Å². The lowest BCUT2D eigenvalue weighted by molar-refractivity contribution is -0.210. The van der Waals surface area contributed by atoms with Crippen LogP contribution in [0.1, 0.15) is 35.2 Å². The van der Waals surface area contributed by atoms with Crippen molar-refractivity contribution in [2.45, 2.75) is 24.4 Å². The number of alkyl halides is 2. The highest BCUT2D eigenvalue weighted by Gasteiger charge is 2.63. The third-order valence-electron chi connectivity index (χ3n) is 4.93. The maximum absolute atomic E-state index is 15.4. The summed E-state index contributed by atoms with van der Waals surface area (Å²) in [6, 6.07) is 8.20. The van der Waals surface area contributed by atoms with Gasteiger partial charge in [-0.15, -0.1) is 0 Å². The van der Waals surface area contributed by atoms with Crippen molar-refractivity contribution in [1.82, 2.24) is 15.0 Å². The van der Waals surface area contributed by atoms with Gasteiger partial charge in [0, 0.05) is 35.3 Å². The van der Waals surface area contributed by atoms with E-state index in [-0.39, 0.29) is 11.4 Å².